The molecule has 3 N–H and O–H groups in total. The van der Waals surface area contributed by atoms with Crippen molar-refractivity contribution < 1.29 is 14.7 Å². The van der Waals surface area contributed by atoms with E-state index in [1.807, 2.05) is 60.7 Å². The Labute approximate surface area is 197 Å². The second kappa shape index (κ2) is 10.6. The van der Waals surface area contributed by atoms with Crippen molar-refractivity contribution >= 4 is 22.7 Å². The summed E-state index contributed by atoms with van der Waals surface area (Å²) >= 11 is 0. The maximum Gasteiger partial charge on any atom is 0.307 e. The van der Waals surface area contributed by atoms with Gasteiger partial charge in [-0.05, 0) is 47.9 Å². The Hall–Kier alpha value is -4.21. The molecule has 0 amide bonds. The summed E-state index contributed by atoms with van der Waals surface area (Å²) in [5.74, 6) is -1.24. The van der Waals surface area contributed by atoms with Gasteiger partial charge in [0.2, 0.25) is 0 Å². The molecular weight excluding hydrogens is 426 g/mol. The van der Waals surface area contributed by atoms with E-state index in [-0.39, 0.29) is 18.1 Å². The maximum atomic E-state index is 13.6. The Morgan fingerprint density at radius 3 is 2.44 bits per heavy atom. The fraction of sp³-hybridized carbons (Fsp3) is 0.179. The van der Waals surface area contributed by atoms with Gasteiger partial charge in [-0.1, -0.05) is 54.6 Å². The quantitative estimate of drug-likeness (QED) is 0.244. The molecule has 4 aromatic rings. The third-order valence-corrected chi connectivity index (χ3v) is 5.91. The van der Waals surface area contributed by atoms with E-state index in [1.54, 1.807) is 18.3 Å². The first kappa shape index (κ1) is 23.0. The summed E-state index contributed by atoms with van der Waals surface area (Å²) in [6.45, 7) is 1.19. The van der Waals surface area contributed by atoms with E-state index in [0.29, 0.717) is 29.8 Å². The molecule has 1 unspecified atom stereocenters. The van der Waals surface area contributed by atoms with E-state index in [4.69, 9.17) is 10.4 Å². The molecule has 0 saturated carbocycles. The van der Waals surface area contributed by atoms with Crippen molar-refractivity contribution in [2.24, 2.45) is 0 Å². The van der Waals surface area contributed by atoms with Crippen molar-refractivity contribution in [2.45, 2.75) is 18.8 Å². The topological polar surface area (TPSA) is 106 Å². The van der Waals surface area contributed by atoms with E-state index in [2.05, 4.69) is 16.4 Å². The molecule has 1 heterocycles. The predicted octanol–water partition coefficient (Wildman–Crippen LogP) is 4.47. The van der Waals surface area contributed by atoms with Gasteiger partial charge in [-0.25, -0.2) is 0 Å². The van der Waals surface area contributed by atoms with Crippen LogP contribution in [0.5, 0.6) is 0 Å². The van der Waals surface area contributed by atoms with Gasteiger partial charge in [-0.2, -0.15) is 5.26 Å². The Morgan fingerprint density at radius 2 is 1.74 bits per heavy atom. The lowest BCUT2D eigenvalue weighted by Crippen LogP contribution is -2.28. The minimum atomic E-state index is -0.890. The van der Waals surface area contributed by atoms with Crippen molar-refractivity contribution in [1.29, 1.82) is 5.26 Å². The molecule has 0 aliphatic rings. The number of aromatic amines is 1. The number of fused-ring (bicyclic) bond motifs is 1. The molecule has 0 bridgehead atoms. The summed E-state index contributed by atoms with van der Waals surface area (Å²) < 4.78 is 0. The maximum absolute atomic E-state index is 13.6. The summed E-state index contributed by atoms with van der Waals surface area (Å²) in [6.07, 6.45) is 2.44. The number of ketones is 1. The first-order chi connectivity index (χ1) is 16.5. The number of H-pyrrole nitrogens is 1. The van der Waals surface area contributed by atoms with Crippen LogP contribution in [-0.2, 0) is 17.6 Å². The van der Waals surface area contributed by atoms with Crippen molar-refractivity contribution in [3.8, 4) is 6.07 Å². The number of aliphatic carboxylic acids is 1. The molecule has 0 fully saturated rings. The first-order valence-corrected chi connectivity index (χ1v) is 11.2. The van der Waals surface area contributed by atoms with Crippen LogP contribution in [0, 0.1) is 11.3 Å². The van der Waals surface area contributed by atoms with Gasteiger partial charge >= 0.3 is 5.97 Å². The summed E-state index contributed by atoms with van der Waals surface area (Å²) in [5, 5.41) is 22.2. The van der Waals surface area contributed by atoms with Crippen LogP contribution in [0.25, 0.3) is 10.9 Å². The van der Waals surface area contributed by atoms with Crippen molar-refractivity contribution in [2.75, 3.05) is 13.1 Å². The standard InChI is InChI=1S/C28H25N3O3/c29-16-20-8-6-19(7-9-20)12-13-30-17-24(22-4-2-1-3-5-22)28(34)25-18-31-26-14-21(15-27(32)33)10-11-23(25)26/h1-11,14,18,24,30-31H,12-13,15,17H2,(H,32,33). The van der Waals surface area contributed by atoms with Gasteiger partial charge in [-0.3, -0.25) is 9.59 Å². The second-order valence-corrected chi connectivity index (χ2v) is 8.24. The Balaban J connectivity index is 1.50. The number of rotatable bonds is 10. The smallest absolute Gasteiger partial charge is 0.307 e. The lowest BCUT2D eigenvalue weighted by atomic mass is 9.90. The molecule has 1 aromatic heterocycles. The second-order valence-electron chi connectivity index (χ2n) is 8.24. The molecule has 4 rings (SSSR count). The van der Waals surface area contributed by atoms with Crippen molar-refractivity contribution in [3.63, 3.8) is 0 Å². The number of carbonyl (C=O) groups excluding carboxylic acids is 1. The third-order valence-electron chi connectivity index (χ3n) is 5.91. The van der Waals surface area contributed by atoms with E-state index in [1.165, 1.54) is 0 Å². The molecule has 170 valence electrons. The minimum absolute atomic E-state index is 0.00862. The number of carboxylic acids is 1. The molecule has 0 saturated heterocycles. The van der Waals surface area contributed by atoms with Gasteiger partial charge < -0.3 is 15.4 Å². The van der Waals surface area contributed by atoms with Gasteiger partial charge in [-0.15, -0.1) is 0 Å². The molecule has 0 spiro atoms. The third kappa shape index (κ3) is 5.40. The normalized spacial score (nSPS) is 11.7. The summed E-state index contributed by atoms with van der Waals surface area (Å²) in [5.41, 5.74) is 4.74. The largest absolute Gasteiger partial charge is 0.481 e. The number of Topliss-reactive ketones (excluding diaryl/α,β-unsaturated/α-hetero) is 1. The van der Waals surface area contributed by atoms with E-state index in [9.17, 15) is 9.59 Å². The van der Waals surface area contributed by atoms with Gasteiger partial charge in [0.25, 0.3) is 0 Å². The molecule has 0 aliphatic carbocycles. The summed E-state index contributed by atoms with van der Waals surface area (Å²) in [4.78, 5) is 27.8. The number of nitrogens with zero attached hydrogens (tertiary/aromatic N) is 1. The van der Waals surface area contributed by atoms with Crippen LogP contribution < -0.4 is 5.32 Å². The van der Waals surface area contributed by atoms with Crippen LogP contribution in [0.1, 0.15) is 38.5 Å². The van der Waals surface area contributed by atoms with Crippen LogP contribution >= 0.6 is 0 Å². The Morgan fingerprint density at radius 1 is 1.00 bits per heavy atom. The SMILES string of the molecule is N#Cc1ccc(CCNCC(C(=O)c2c[nH]c3cc(CC(=O)O)ccc23)c2ccccc2)cc1. The molecule has 1 atom stereocenters. The predicted molar refractivity (Wildman–Crippen MR) is 131 cm³/mol. The van der Waals surface area contributed by atoms with Gasteiger partial charge in [0.05, 0.1) is 24.0 Å². The van der Waals surface area contributed by atoms with Gasteiger partial charge in [0.15, 0.2) is 5.78 Å². The van der Waals surface area contributed by atoms with E-state index >= 15 is 0 Å². The zero-order chi connectivity index (χ0) is 23.9. The van der Waals surface area contributed by atoms with Crippen LogP contribution in [0.15, 0.2) is 79.0 Å². The van der Waals surface area contributed by atoms with Crippen molar-refractivity contribution in [3.05, 3.63) is 107 Å². The lowest BCUT2D eigenvalue weighted by Gasteiger charge is -2.17. The van der Waals surface area contributed by atoms with E-state index in [0.717, 1.165) is 28.5 Å². The van der Waals surface area contributed by atoms with Crippen LogP contribution in [0.2, 0.25) is 0 Å². The molecule has 6 nitrogen and oxygen atoms in total. The summed E-state index contributed by atoms with van der Waals surface area (Å²) in [6, 6.07) is 24.7. The number of nitrogens with one attached hydrogen (secondary N) is 2. The monoisotopic (exact) mass is 451 g/mol. The Bertz CT molecular complexity index is 1340. The number of benzene rings is 3. The zero-order valence-electron chi connectivity index (χ0n) is 18.6. The van der Waals surface area contributed by atoms with Gasteiger partial charge in [0.1, 0.15) is 0 Å². The lowest BCUT2D eigenvalue weighted by molar-refractivity contribution is -0.136. The number of hydrogen-bond donors (Lipinski definition) is 3. The molecule has 0 aliphatic heterocycles. The van der Waals surface area contributed by atoms with Gasteiger partial charge in [0, 0.05) is 29.2 Å². The molecule has 34 heavy (non-hydrogen) atoms. The van der Waals surface area contributed by atoms with Crippen LogP contribution in [0.3, 0.4) is 0 Å². The fourth-order valence-corrected chi connectivity index (χ4v) is 4.12. The number of carbonyl (C=O) groups is 2. The molecule has 6 heteroatoms. The first-order valence-electron chi connectivity index (χ1n) is 11.2. The highest BCUT2D eigenvalue weighted by atomic mass is 16.4. The number of nitriles is 1. The zero-order valence-corrected chi connectivity index (χ0v) is 18.6. The average molecular weight is 452 g/mol. The van der Waals surface area contributed by atoms with Crippen LogP contribution in [0.4, 0.5) is 0 Å². The van der Waals surface area contributed by atoms with E-state index < -0.39 is 5.97 Å². The molecule has 3 aromatic carbocycles. The number of carboxylic acid groups (broad SMARTS) is 1. The molecular formula is C28H25N3O3. The highest BCUT2D eigenvalue weighted by molar-refractivity contribution is 6.11. The average Bonchev–Trinajstić information content (AvgIpc) is 3.27. The summed E-state index contributed by atoms with van der Waals surface area (Å²) in [7, 11) is 0. The minimum Gasteiger partial charge on any atom is -0.481 e. The van der Waals surface area contributed by atoms with Crippen LogP contribution in [-0.4, -0.2) is 34.9 Å². The number of aromatic nitrogens is 1. The highest BCUT2D eigenvalue weighted by Gasteiger charge is 2.24. The fourth-order valence-electron chi connectivity index (χ4n) is 4.12. The van der Waals surface area contributed by atoms with Crippen molar-refractivity contribution in [1.82, 2.24) is 10.3 Å². The Kier molecular flexibility index (Phi) is 7.16. The highest BCUT2D eigenvalue weighted by Crippen LogP contribution is 2.27. The number of hydrogen-bond acceptors (Lipinski definition) is 4. The molecule has 0 radical (unpaired) electrons.